The van der Waals surface area contributed by atoms with Crippen molar-refractivity contribution in [3.05, 3.63) is 60.4 Å². The maximum absolute atomic E-state index is 12.6. The van der Waals surface area contributed by atoms with E-state index < -0.39 is 6.04 Å². The van der Waals surface area contributed by atoms with Gasteiger partial charge in [-0.2, -0.15) is 0 Å². The molecule has 0 aliphatic heterocycles. The maximum atomic E-state index is 12.6. The predicted molar refractivity (Wildman–Crippen MR) is 91.6 cm³/mol. The van der Waals surface area contributed by atoms with Crippen molar-refractivity contribution in [3.8, 4) is 0 Å². The van der Waals surface area contributed by atoms with Gasteiger partial charge in [0.05, 0.1) is 0 Å². The summed E-state index contributed by atoms with van der Waals surface area (Å²) in [6.07, 6.45) is 6.56. The first-order chi connectivity index (χ1) is 12.2. The summed E-state index contributed by atoms with van der Waals surface area (Å²) < 4.78 is 3.57. The van der Waals surface area contributed by atoms with Gasteiger partial charge in [0.2, 0.25) is 5.91 Å². The molecule has 130 valence electrons. The molecule has 8 heteroatoms. The molecule has 0 radical (unpaired) electrons. The molecule has 0 saturated carbocycles. The number of rotatable bonds is 8. The van der Waals surface area contributed by atoms with E-state index in [1.54, 1.807) is 6.20 Å². The average molecular weight is 339 g/mol. The Morgan fingerprint density at radius 1 is 1.28 bits per heavy atom. The Hall–Kier alpha value is -3.03. The smallest absolute Gasteiger partial charge is 0.245 e. The van der Waals surface area contributed by atoms with Crippen molar-refractivity contribution in [2.24, 2.45) is 0 Å². The first-order valence-electron chi connectivity index (χ1n) is 8.26. The normalized spacial score (nSPS) is 12.0. The highest BCUT2D eigenvalue weighted by Gasteiger charge is 2.21. The number of nitrogens with one attached hydrogen (secondary N) is 1. The van der Waals surface area contributed by atoms with Crippen molar-refractivity contribution in [2.45, 2.75) is 32.4 Å². The number of amides is 1. The zero-order chi connectivity index (χ0) is 17.5. The summed E-state index contributed by atoms with van der Waals surface area (Å²) in [6.45, 7) is 3.37. The van der Waals surface area contributed by atoms with Crippen LogP contribution in [-0.4, -0.2) is 42.2 Å². The SMILES string of the molecule is Cc1nccn1CCCNC(=O)C(Cc1ccccc1)n1cnnn1. The number of imidazole rings is 1. The molecule has 0 spiro atoms. The standard InChI is InChI=1S/C17H21N7O/c1-14-18-9-11-23(14)10-5-8-19-17(25)16(24-13-20-21-22-24)12-15-6-3-2-4-7-15/h2-4,6-7,9,11,13,16H,5,8,10,12H2,1H3,(H,19,25). The molecule has 1 aromatic carbocycles. The highest BCUT2D eigenvalue weighted by molar-refractivity contribution is 5.80. The molecule has 0 aliphatic rings. The highest BCUT2D eigenvalue weighted by atomic mass is 16.2. The lowest BCUT2D eigenvalue weighted by atomic mass is 10.1. The lowest BCUT2D eigenvalue weighted by Gasteiger charge is -2.16. The van der Waals surface area contributed by atoms with Gasteiger partial charge in [-0.25, -0.2) is 9.67 Å². The van der Waals surface area contributed by atoms with E-state index in [0.717, 1.165) is 24.4 Å². The minimum Gasteiger partial charge on any atom is -0.354 e. The summed E-state index contributed by atoms with van der Waals surface area (Å²) in [5.74, 6) is 0.889. The Kier molecular flexibility index (Phi) is 5.50. The zero-order valence-corrected chi connectivity index (χ0v) is 14.1. The number of hydrogen-bond acceptors (Lipinski definition) is 5. The average Bonchev–Trinajstić information content (AvgIpc) is 3.29. The molecule has 3 aromatic rings. The van der Waals surface area contributed by atoms with Crippen LogP contribution >= 0.6 is 0 Å². The molecule has 2 heterocycles. The highest BCUT2D eigenvalue weighted by Crippen LogP contribution is 2.13. The van der Waals surface area contributed by atoms with Crippen LogP contribution in [0.5, 0.6) is 0 Å². The van der Waals surface area contributed by atoms with Crippen LogP contribution in [0.3, 0.4) is 0 Å². The van der Waals surface area contributed by atoms with Gasteiger partial charge in [-0.1, -0.05) is 30.3 Å². The van der Waals surface area contributed by atoms with Crippen molar-refractivity contribution in [3.63, 3.8) is 0 Å². The van der Waals surface area contributed by atoms with Crippen LogP contribution < -0.4 is 5.32 Å². The summed E-state index contributed by atoms with van der Waals surface area (Å²) in [6, 6.07) is 9.38. The maximum Gasteiger partial charge on any atom is 0.245 e. The van der Waals surface area contributed by atoms with E-state index >= 15 is 0 Å². The van der Waals surface area contributed by atoms with Crippen LogP contribution in [0.1, 0.15) is 23.9 Å². The molecular formula is C17H21N7O. The molecule has 1 unspecified atom stereocenters. The van der Waals surface area contributed by atoms with Crippen molar-refractivity contribution < 1.29 is 4.79 Å². The number of benzene rings is 1. The van der Waals surface area contributed by atoms with Gasteiger partial charge in [0.25, 0.3) is 0 Å². The minimum absolute atomic E-state index is 0.0847. The van der Waals surface area contributed by atoms with E-state index in [2.05, 4.69) is 30.4 Å². The van der Waals surface area contributed by atoms with Crippen molar-refractivity contribution in [1.82, 2.24) is 35.1 Å². The van der Waals surface area contributed by atoms with E-state index in [0.29, 0.717) is 13.0 Å². The fourth-order valence-corrected chi connectivity index (χ4v) is 2.67. The molecule has 3 rings (SSSR count). The second-order valence-electron chi connectivity index (χ2n) is 5.81. The first kappa shape index (κ1) is 16.8. The van der Waals surface area contributed by atoms with Crippen LogP contribution in [0.2, 0.25) is 0 Å². The Balaban J connectivity index is 1.57. The van der Waals surface area contributed by atoms with Crippen LogP contribution in [0.25, 0.3) is 0 Å². The van der Waals surface area contributed by atoms with Crippen molar-refractivity contribution in [2.75, 3.05) is 6.54 Å². The Morgan fingerprint density at radius 3 is 2.80 bits per heavy atom. The van der Waals surface area contributed by atoms with Gasteiger partial charge >= 0.3 is 0 Å². The quantitative estimate of drug-likeness (QED) is 0.622. The van der Waals surface area contributed by atoms with Gasteiger partial charge < -0.3 is 9.88 Å². The first-order valence-corrected chi connectivity index (χ1v) is 8.26. The molecule has 2 aromatic heterocycles. The lowest BCUT2D eigenvalue weighted by molar-refractivity contribution is -0.124. The lowest BCUT2D eigenvalue weighted by Crippen LogP contribution is -2.35. The minimum atomic E-state index is -0.465. The molecule has 0 bridgehead atoms. The molecule has 8 nitrogen and oxygen atoms in total. The fraction of sp³-hybridized carbons (Fsp3) is 0.353. The van der Waals surface area contributed by atoms with Gasteiger partial charge in [0, 0.05) is 31.9 Å². The molecule has 1 atom stereocenters. The summed E-state index contributed by atoms with van der Waals surface area (Å²) in [5, 5.41) is 14.2. The summed E-state index contributed by atoms with van der Waals surface area (Å²) in [4.78, 5) is 16.8. The van der Waals surface area contributed by atoms with Crippen molar-refractivity contribution >= 4 is 5.91 Å². The predicted octanol–water partition coefficient (Wildman–Crippen LogP) is 1.17. The Morgan fingerprint density at radius 2 is 2.12 bits per heavy atom. The van der Waals surface area contributed by atoms with Gasteiger partial charge in [-0.15, -0.1) is 5.10 Å². The van der Waals surface area contributed by atoms with E-state index in [4.69, 9.17) is 0 Å². The number of carbonyl (C=O) groups is 1. The van der Waals surface area contributed by atoms with Crippen LogP contribution in [0.4, 0.5) is 0 Å². The van der Waals surface area contributed by atoms with Crippen LogP contribution in [0.15, 0.2) is 49.1 Å². The Bertz CT molecular complexity index is 782. The third kappa shape index (κ3) is 4.50. The van der Waals surface area contributed by atoms with Crippen LogP contribution in [-0.2, 0) is 17.8 Å². The summed E-state index contributed by atoms with van der Waals surface area (Å²) in [7, 11) is 0. The number of tetrazole rings is 1. The molecule has 0 fully saturated rings. The monoisotopic (exact) mass is 339 g/mol. The Labute approximate surface area is 145 Å². The molecule has 0 saturated heterocycles. The zero-order valence-electron chi connectivity index (χ0n) is 14.1. The van der Waals surface area contributed by atoms with E-state index in [-0.39, 0.29) is 5.91 Å². The van der Waals surface area contributed by atoms with Gasteiger partial charge in [0.1, 0.15) is 18.2 Å². The topological polar surface area (TPSA) is 90.5 Å². The largest absolute Gasteiger partial charge is 0.354 e. The van der Waals surface area contributed by atoms with Gasteiger partial charge in [0.15, 0.2) is 0 Å². The third-order valence-corrected chi connectivity index (χ3v) is 4.06. The number of aromatic nitrogens is 6. The van der Waals surface area contributed by atoms with E-state index in [1.807, 2.05) is 43.5 Å². The molecule has 0 aliphatic carbocycles. The summed E-state index contributed by atoms with van der Waals surface area (Å²) >= 11 is 0. The molecule has 1 amide bonds. The number of carbonyl (C=O) groups excluding carboxylic acids is 1. The second kappa shape index (κ2) is 8.18. The van der Waals surface area contributed by atoms with Crippen molar-refractivity contribution in [1.29, 1.82) is 0 Å². The number of aryl methyl sites for hydroxylation is 2. The van der Waals surface area contributed by atoms with E-state index in [9.17, 15) is 4.79 Å². The summed E-state index contributed by atoms with van der Waals surface area (Å²) in [5.41, 5.74) is 1.06. The fourth-order valence-electron chi connectivity index (χ4n) is 2.67. The number of hydrogen-bond donors (Lipinski definition) is 1. The van der Waals surface area contributed by atoms with E-state index in [1.165, 1.54) is 11.0 Å². The number of nitrogens with zero attached hydrogens (tertiary/aromatic N) is 6. The molecular weight excluding hydrogens is 318 g/mol. The van der Waals surface area contributed by atoms with Crippen LogP contribution in [0, 0.1) is 6.92 Å². The van der Waals surface area contributed by atoms with Gasteiger partial charge in [-0.05, 0) is 29.3 Å². The second-order valence-corrected chi connectivity index (χ2v) is 5.81. The van der Waals surface area contributed by atoms with Gasteiger partial charge in [-0.3, -0.25) is 4.79 Å². The molecule has 1 N–H and O–H groups in total. The third-order valence-electron chi connectivity index (χ3n) is 4.06. The molecule has 25 heavy (non-hydrogen) atoms.